The Balaban J connectivity index is 1.31. The Morgan fingerprint density at radius 1 is 1.23 bits per heavy atom. The van der Waals surface area contributed by atoms with E-state index < -0.39 is 0 Å². The molecule has 1 fully saturated rings. The molecule has 0 radical (unpaired) electrons. The van der Waals surface area contributed by atoms with Crippen LogP contribution < -0.4 is 25.4 Å². The highest BCUT2D eigenvalue weighted by Crippen LogP contribution is 2.27. The van der Waals surface area contributed by atoms with Gasteiger partial charge in [0.1, 0.15) is 12.4 Å². The summed E-state index contributed by atoms with van der Waals surface area (Å²) in [4.78, 5) is 24.4. The van der Waals surface area contributed by atoms with Crippen molar-refractivity contribution >= 4 is 35.2 Å². The standard InChI is InChI=1S/C19H22N8O3S/c1-29-15-4-2-3-13(11-15)23-19(28)27-9-7-26(8-10-27)16-17(25-31-24-16)30-12-14-5-6-21-18(20)22-14/h2-6,11H,7-10,12H2,1H3,(H,23,28)(H2,20,21,22). The molecule has 3 aromatic rings. The van der Waals surface area contributed by atoms with Crippen LogP contribution in [0.1, 0.15) is 5.69 Å². The highest BCUT2D eigenvalue weighted by Gasteiger charge is 2.25. The third kappa shape index (κ3) is 5.09. The van der Waals surface area contributed by atoms with Gasteiger partial charge in [0.2, 0.25) is 11.8 Å². The number of benzene rings is 1. The van der Waals surface area contributed by atoms with Crippen LogP contribution in [0.4, 0.5) is 22.2 Å². The number of nitrogens with two attached hydrogens (primary N) is 1. The normalized spacial score (nSPS) is 13.7. The van der Waals surface area contributed by atoms with Gasteiger partial charge in [-0.05, 0) is 18.2 Å². The molecular weight excluding hydrogens is 420 g/mol. The number of rotatable bonds is 6. The molecule has 162 valence electrons. The minimum Gasteiger partial charge on any atom is -0.497 e. The number of carbonyl (C=O) groups excluding carboxylic acids is 1. The summed E-state index contributed by atoms with van der Waals surface area (Å²) in [6.45, 7) is 2.56. The summed E-state index contributed by atoms with van der Waals surface area (Å²) in [7, 11) is 1.59. The van der Waals surface area contributed by atoms with Crippen LogP contribution in [-0.4, -0.2) is 62.9 Å². The number of hydrogen-bond acceptors (Lipinski definition) is 10. The molecule has 1 aliphatic rings. The number of amides is 2. The Hall–Kier alpha value is -3.67. The van der Waals surface area contributed by atoms with Crippen molar-refractivity contribution in [3.8, 4) is 11.6 Å². The van der Waals surface area contributed by atoms with Crippen molar-refractivity contribution in [2.75, 3.05) is 49.2 Å². The van der Waals surface area contributed by atoms with Crippen LogP contribution >= 0.6 is 11.7 Å². The summed E-state index contributed by atoms with van der Waals surface area (Å²) in [6.07, 6.45) is 1.58. The Kier molecular flexibility index (Phi) is 6.26. The summed E-state index contributed by atoms with van der Waals surface area (Å²) in [5, 5.41) is 2.91. The van der Waals surface area contributed by atoms with Gasteiger partial charge in [0, 0.05) is 44.1 Å². The van der Waals surface area contributed by atoms with Crippen molar-refractivity contribution in [2.24, 2.45) is 0 Å². The van der Waals surface area contributed by atoms with E-state index in [4.69, 9.17) is 15.2 Å². The Bertz CT molecular complexity index is 1040. The molecule has 2 aromatic heterocycles. The first-order valence-corrected chi connectivity index (χ1v) is 10.3. The molecule has 1 aliphatic heterocycles. The van der Waals surface area contributed by atoms with Gasteiger partial charge in [0.05, 0.1) is 24.5 Å². The molecule has 1 aromatic carbocycles. The van der Waals surface area contributed by atoms with Crippen molar-refractivity contribution in [3.63, 3.8) is 0 Å². The van der Waals surface area contributed by atoms with E-state index >= 15 is 0 Å². The van der Waals surface area contributed by atoms with Gasteiger partial charge in [-0.2, -0.15) is 4.37 Å². The summed E-state index contributed by atoms with van der Waals surface area (Å²) in [5.41, 5.74) is 6.95. The smallest absolute Gasteiger partial charge is 0.321 e. The number of ether oxygens (including phenoxy) is 2. The maximum absolute atomic E-state index is 12.6. The second-order valence-electron chi connectivity index (χ2n) is 6.72. The monoisotopic (exact) mass is 442 g/mol. The average molecular weight is 443 g/mol. The summed E-state index contributed by atoms with van der Waals surface area (Å²) in [5.74, 6) is 1.99. The zero-order valence-electron chi connectivity index (χ0n) is 16.9. The molecule has 0 bridgehead atoms. The maximum atomic E-state index is 12.6. The number of nitrogen functional groups attached to an aromatic ring is 1. The Morgan fingerprint density at radius 3 is 2.84 bits per heavy atom. The number of nitrogens with one attached hydrogen (secondary N) is 1. The quantitative estimate of drug-likeness (QED) is 0.587. The summed E-state index contributed by atoms with van der Waals surface area (Å²) in [6, 6.07) is 8.85. The highest BCUT2D eigenvalue weighted by molar-refractivity contribution is 6.99. The molecule has 0 spiro atoms. The SMILES string of the molecule is COc1cccc(NC(=O)N2CCN(c3nsnc3OCc3ccnc(N)n3)CC2)c1. The van der Waals surface area contributed by atoms with Crippen LogP contribution in [0.3, 0.4) is 0 Å². The largest absolute Gasteiger partial charge is 0.497 e. The second-order valence-corrected chi connectivity index (χ2v) is 7.25. The first-order valence-electron chi connectivity index (χ1n) is 9.60. The number of anilines is 3. The molecule has 12 heteroatoms. The first kappa shape index (κ1) is 20.6. The van der Waals surface area contributed by atoms with Crippen molar-refractivity contribution in [1.82, 2.24) is 23.6 Å². The number of carbonyl (C=O) groups is 1. The fourth-order valence-electron chi connectivity index (χ4n) is 3.12. The van der Waals surface area contributed by atoms with Crippen LogP contribution in [0.2, 0.25) is 0 Å². The van der Waals surface area contributed by atoms with Crippen molar-refractivity contribution in [1.29, 1.82) is 0 Å². The summed E-state index contributed by atoms with van der Waals surface area (Å²) < 4.78 is 19.6. The molecule has 0 aliphatic carbocycles. The van der Waals surface area contributed by atoms with Crippen LogP contribution in [-0.2, 0) is 6.61 Å². The molecule has 1 saturated heterocycles. The Labute approximate surface area is 183 Å². The Morgan fingerprint density at radius 2 is 2.06 bits per heavy atom. The van der Waals surface area contributed by atoms with Crippen molar-refractivity contribution < 1.29 is 14.3 Å². The van der Waals surface area contributed by atoms with Gasteiger partial charge in [-0.15, -0.1) is 4.37 Å². The average Bonchev–Trinajstić information content (AvgIpc) is 3.26. The fraction of sp³-hybridized carbons (Fsp3) is 0.316. The highest BCUT2D eigenvalue weighted by atomic mass is 32.1. The number of piperazine rings is 1. The van der Waals surface area contributed by atoms with Crippen LogP contribution in [0.25, 0.3) is 0 Å². The van der Waals surface area contributed by atoms with E-state index in [1.54, 1.807) is 30.3 Å². The van der Waals surface area contributed by atoms with E-state index in [-0.39, 0.29) is 18.6 Å². The molecule has 0 saturated carbocycles. The van der Waals surface area contributed by atoms with Crippen LogP contribution in [0.15, 0.2) is 36.5 Å². The van der Waals surface area contributed by atoms with Gasteiger partial charge in [-0.3, -0.25) is 0 Å². The molecule has 4 rings (SSSR count). The predicted molar refractivity (Wildman–Crippen MR) is 116 cm³/mol. The van der Waals surface area contributed by atoms with Crippen LogP contribution in [0.5, 0.6) is 11.6 Å². The van der Waals surface area contributed by atoms with E-state index in [0.29, 0.717) is 55.0 Å². The molecule has 0 atom stereocenters. The molecular formula is C19H22N8O3S. The zero-order chi connectivity index (χ0) is 21.6. The van der Waals surface area contributed by atoms with Crippen molar-refractivity contribution in [2.45, 2.75) is 6.61 Å². The van der Waals surface area contributed by atoms with Gasteiger partial charge < -0.3 is 30.3 Å². The van der Waals surface area contributed by atoms with Gasteiger partial charge in [0.15, 0.2) is 0 Å². The van der Waals surface area contributed by atoms with Crippen molar-refractivity contribution in [3.05, 3.63) is 42.2 Å². The van der Waals surface area contributed by atoms with E-state index in [2.05, 4.69) is 28.9 Å². The molecule has 31 heavy (non-hydrogen) atoms. The number of methoxy groups -OCH3 is 1. The fourth-order valence-corrected chi connectivity index (χ4v) is 3.64. The molecule has 3 N–H and O–H groups in total. The van der Waals surface area contributed by atoms with E-state index in [1.165, 1.54) is 0 Å². The lowest BCUT2D eigenvalue weighted by atomic mass is 10.3. The predicted octanol–water partition coefficient (Wildman–Crippen LogP) is 1.85. The van der Waals surface area contributed by atoms with E-state index in [0.717, 1.165) is 11.7 Å². The lowest BCUT2D eigenvalue weighted by Crippen LogP contribution is -2.50. The topological polar surface area (TPSA) is 132 Å². The lowest BCUT2D eigenvalue weighted by Gasteiger charge is -2.34. The first-order chi connectivity index (χ1) is 15.1. The third-order valence-electron chi connectivity index (χ3n) is 4.72. The van der Waals surface area contributed by atoms with E-state index in [9.17, 15) is 4.79 Å². The number of aromatic nitrogens is 4. The second kappa shape index (κ2) is 9.43. The molecule has 11 nitrogen and oxygen atoms in total. The zero-order valence-corrected chi connectivity index (χ0v) is 17.7. The minimum atomic E-state index is -0.151. The van der Waals surface area contributed by atoms with Gasteiger partial charge >= 0.3 is 6.03 Å². The third-order valence-corrected chi connectivity index (χ3v) is 5.22. The molecule has 3 heterocycles. The number of hydrogen-bond donors (Lipinski definition) is 2. The van der Waals surface area contributed by atoms with E-state index in [1.807, 2.05) is 18.2 Å². The lowest BCUT2D eigenvalue weighted by molar-refractivity contribution is 0.208. The van der Waals surface area contributed by atoms with Gasteiger partial charge in [0.25, 0.3) is 5.88 Å². The van der Waals surface area contributed by atoms with Gasteiger partial charge in [-0.25, -0.2) is 14.8 Å². The summed E-state index contributed by atoms with van der Waals surface area (Å²) >= 11 is 1.08. The van der Waals surface area contributed by atoms with Crippen LogP contribution in [0, 0.1) is 0 Å². The maximum Gasteiger partial charge on any atom is 0.321 e. The molecule has 0 unspecified atom stereocenters. The minimum absolute atomic E-state index is 0.151. The number of nitrogens with zero attached hydrogens (tertiary/aromatic N) is 6. The molecule has 2 amide bonds. The van der Waals surface area contributed by atoms with Gasteiger partial charge in [-0.1, -0.05) is 6.07 Å². The number of urea groups is 1.